The zero-order valence-corrected chi connectivity index (χ0v) is 13.8. The van der Waals surface area contributed by atoms with Crippen molar-refractivity contribution in [1.29, 1.82) is 0 Å². The number of methoxy groups -OCH3 is 1. The molecule has 0 bridgehead atoms. The number of hydrogen-bond donors (Lipinski definition) is 1. The summed E-state index contributed by atoms with van der Waals surface area (Å²) in [6, 6.07) is 8.87. The van der Waals surface area contributed by atoms with Crippen molar-refractivity contribution in [3.8, 4) is 0 Å². The molecule has 2 heteroatoms. The molecule has 0 aliphatic carbocycles. The first-order chi connectivity index (χ1) is 9.40. The summed E-state index contributed by atoms with van der Waals surface area (Å²) in [4.78, 5) is 0. The minimum absolute atomic E-state index is 0.187. The number of aryl methyl sites for hydroxylation is 1. The van der Waals surface area contributed by atoms with Crippen LogP contribution in [0.4, 0.5) is 0 Å². The predicted molar refractivity (Wildman–Crippen MR) is 87.2 cm³/mol. The summed E-state index contributed by atoms with van der Waals surface area (Å²) >= 11 is 0. The first kappa shape index (κ1) is 17.2. The van der Waals surface area contributed by atoms with E-state index in [2.05, 4.69) is 57.3 Å². The van der Waals surface area contributed by atoms with Gasteiger partial charge in [-0.3, -0.25) is 0 Å². The van der Waals surface area contributed by atoms with Crippen LogP contribution in [-0.4, -0.2) is 25.8 Å². The number of ether oxygens (including phenoxy) is 1. The summed E-state index contributed by atoms with van der Waals surface area (Å²) in [7, 11) is 1.78. The standard InChI is InChI=1S/C18H31NO/c1-15-8-6-9-16(12-15)13-17(10-7-11-20-5)14-19-18(2,3)4/h6,8-9,12,17,19H,7,10-11,13-14H2,1-5H3. The van der Waals surface area contributed by atoms with Gasteiger partial charge in [0, 0.05) is 19.3 Å². The molecule has 0 spiro atoms. The maximum absolute atomic E-state index is 5.19. The Morgan fingerprint density at radius 2 is 2.00 bits per heavy atom. The number of hydrogen-bond acceptors (Lipinski definition) is 2. The van der Waals surface area contributed by atoms with Crippen LogP contribution in [-0.2, 0) is 11.2 Å². The quantitative estimate of drug-likeness (QED) is 0.726. The van der Waals surface area contributed by atoms with Gasteiger partial charge in [-0.05, 0) is 65.0 Å². The average molecular weight is 277 g/mol. The van der Waals surface area contributed by atoms with E-state index in [0.29, 0.717) is 5.92 Å². The van der Waals surface area contributed by atoms with E-state index in [9.17, 15) is 0 Å². The minimum Gasteiger partial charge on any atom is -0.385 e. The highest BCUT2D eigenvalue weighted by molar-refractivity contribution is 5.22. The average Bonchev–Trinajstić information content (AvgIpc) is 2.35. The van der Waals surface area contributed by atoms with E-state index in [0.717, 1.165) is 26.0 Å². The fourth-order valence-electron chi connectivity index (χ4n) is 2.42. The summed E-state index contributed by atoms with van der Waals surface area (Å²) in [5.74, 6) is 0.672. The van der Waals surface area contributed by atoms with Gasteiger partial charge in [0.25, 0.3) is 0 Å². The zero-order valence-electron chi connectivity index (χ0n) is 13.8. The molecule has 0 aliphatic rings. The van der Waals surface area contributed by atoms with Crippen molar-refractivity contribution in [1.82, 2.24) is 5.32 Å². The summed E-state index contributed by atoms with van der Waals surface area (Å²) in [5, 5.41) is 3.64. The lowest BCUT2D eigenvalue weighted by Crippen LogP contribution is -2.39. The third-order valence-electron chi connectivity index (χ3n) is 3.49. The second kappa shape index (κ2) is 8.43. The van der Waals surface area contributed by atoms with Crippen molar-refractivity contribution in [2.75, 3.05) is 20.3 Å². The molecule has 20 heavy (non-hydrogen) atoms. The molecule has 1 N–H and O–H groups in total. The fraction of sp³-hybridized carbons (Fsp3) is 0.667. The van der Waals surface area contributed by atoms with E-state index in [1.807, 2.05) is 0 Å². The van der Waals surface area contributed by atoms with Crippen molar-refractivity contribution >= 4 is 0 Å². The van der Waals surface area contributed by atoms with E-state index >= 15 is 0 Å². The monoisotopic (exact) mass is 277 g/mol. The van der Waals surface area contributed by atoms with Gasteiger partial charge in [-0.15, -0.1) is 0 Å². The molecule has 0 aromatic heterocycles. The molecule has 0 amide bonds. The summed E-state index contributed by atoms with van der Waals surface area (Å²) in [5.41, 5.74) is 2.98. The Morgan fingerprint density at radius 1 is 1.25 bits per heavy atom. The molecule has 1 unspecified atom stereocenters. The molecule has 2 nitrogen and oxygen atoms in total. The van der Waals surface area contributed by atoms with E-state index in [1.165, 1.54) is 17.5 Å². The highest BCUT2D eigenvalue weighted by atomic mass is 16.5. The largest absolute Gasteiger partial charge is 0.385 e. The molecule has 114 valence electrons. The Morgan fingerprint density at radius 3 is 2.60 bits per heavy atom. The number of benzene rings is 1. The van der Waals surface area contributed by atoms with Gasteiger partial charge in [0.2, 0.25) is 0 Å². The van der Waals surface area contributed by atoms with Crippen molar-refractivity contribution < 1.29 is 4.74 Å². The van der Waals surface area contributed by atoms with Crippen LogP contribution in [0.15, 0.2) is 24.3 Å². The lowest BCUT2D eigenvalue weighted by atomic mass is 9.93. The van der Waals surface area contributed by atoms with Crippen molar-refractivity contribution in [3.63, 3.8) is 0 Å². The first-order valence-electron chi connectivity index (χ1n) is 7.70. The maximum atomic E-state index is 5.19. The second-order valence-electron chi connectivity index (χ2n) is 6.83. The van der Waals surface area contributed by atoms with E-state index < -0.39 is 0 Å². The Kier molecular flexibility index (Phi) is 7.25. The molecule has 1 atom stereocenters. The van der Waals surface area contributed by atoms with Crippen LogP contribution in [0.25, 0.3) is 0 Å². The molecule has 1 rings (SSSR count). The van der Waals surface area contributed by atoms with Gasteiger partial charge in [0.15, 0.2) is 0 Å². The van der Waals surface area contributed by atoms with Crippen LogP contribution < -0.4 is 5.32 Å². The molecular weight excluding hydrogens is 246 g/mol. The normalized spacial score (nSPS) is 13.4. The summed E-state index contributed by atoms with van der Waals surface area (Å²) in [6.07, 6.45) is 3.50. The van der Waals surface area contributed by atoms with Crippen LogP contribution in [0.3, 0.4) is 0 Å². The van der Waals surface area contributed by atoms with Crippen LogP contribution in [0.2, 0.25) is 0 Å². The molecule has 0 heterocycles. The zero-order chi connectivity index (χ0) is 15.0. The van der Waals surface area contributed by atoms with Crippen LogP contribution >= 0.6 is 0 Å². The molecule has 1 aromatic rings. The van der Waals surface area contributed by atoms with E-state index in [4.69, 9.17) is 4.74 Å². The van der Waals surface area contributed by atoms with Crippen LogP contribution in [0.5, 0.6) is 0 Å². The smallest absolute Gasteiger partial charge is 0.0462 e. The molecular formula is C18H31NO. The molecule has 0 radical (unpaired) electrons. The second-order valence-corrected chi connectivity index (χ2v) is 6.83. The van der Waals surface area contributed by atoms with Gasteiger partial charge in [-0.25, -0.2) is 0 Å². The van der Waals surface area contributed by atoms with Gasteiger partial charge in [0.05, 0.1) is 0 Å². The molecule has 0 saturated heterocycles. The van der Waals surface area contributed by atoms with Crippen molar-refractivity contribution in [2.24, 2.45) is 5.92 Å². The van der Waals surface area contributed by atoms with Gasteiger partial charge >= 0.3 is 0 Å². The lowest BCUT2D eigenvalue weighted by molar-refractivity contribution is 0.185. The van der Waals surface area contributed by atoms with E-state index in [1.54, 1.807) is 7.11 Å². The van der Waals surface area contributed by atoms with Gasteiger partial charge in [-0.1, -0.05) is 29.8 Å². The molecule has 0 saturated carbocycles. The third-order valence-corrected chi connectivity index (χ3v) is 3.49. The topological polar surface area (TPSA) is 21.3 Å². The minimum atomic E-state index is 0.187. The lowest BCUT2D eigenvalue weighted by Gasteiger charge is -2.25. The van der Waals surface area contributed by atoms with Gasteiger partial charge < -0.3 is 10.1 Å². The first-order valence-corrected chi connectivity index (χ1v) is 7.70. The van der Waals surface area contributed by atoms with Crippen LogP contribution in [0, 0.1) is 12.8 Å². The third kappa shape index (κ3) is 7.66. The number of rotatable bonds is 8. The predicted octanol–water partition coefficient (Wildman–Crippen LogP) is 3.97. The fourth-order valence-corrected chi connectivity index (χ4v) is 2.42. The Labute approximate surface area is 124 Å². The Bertz CT molecular complexity index is 381. The summed E-state index contributed by atoms with van der Waals surface area (Å²) < 4.78 is 5.19. The highest BCUT2D eigenvalue weighted by Crippen LogP contribution is 2.16. The van der Waals surface area contributed by atoms with Crippen LogP contribution in [0.1, 0.15) is 44.7 Å². The molecule has 1 aromatic carbocycles. The Hall–Kier alpha value is -0.860. The van der Waals surface area contributed by atoms with E-state index in [-0.39, 0.29) is 5.54 Å². The maximum Gasteiger partial charge on any atom is 0.0462 e. The van der Waals surface area contributed by atoms with Crippen molar-refractivity contribution in [3.05, 3.63) is 35.4 Å². The Balaban J connectivity index is 2.56. The van der Waals surface area contributed by atoms with Crippen molar-refractivity contribution in [2.45, 2.75) is 52.5 Å². The highest BCUT2D eigenvalue weighted by Gasteiger charge is 2.14. The SMILES string of the molecule is COCCCC(CNC(C)(C)C)Cc1cccc(C)c1. The summed E-state index contributed by atoms with van der Waals surface area (Å²) in [6.45, 7) is 10.8. The van der Waals surface area contributed by atoms with Gasteiger partial charge in [-0.2, -0.15) is 0 Å². The van der Waals surface area contributed by atoms with Gasteiger partial charge in [0.1, 0.15) is 0 Å². The molecule has 0 aliphatic heterocycles. The molecule has 0 fully saturated rings. The number of nitrogens with one attached hydrogen (secondary N) is 1.